The molecule has 8 nitrogen and oxygen atoms in total. The summed E-state index contributed by atoms with van der Waals surface area (Å²) < 4.78 is 1.71. The maximum absolute atomic E-state index is 12.3. The zero-order valence-electron chi connectivity index (χ0n) is 21.8. The summed E-state index contributed by atoms with van der Waals surface area (Å²) in [5, 5.41) is 7.35. The van der Waals surface area contributed by atoms with Crippen molar-refractivity contribution < 1.29 is 9.59 Å². The van der Waals surface area contributed by atoms with Crippen LogP contribution in [0.25, 0.3) is 16.0 Å². The number of amides is 2. The number of nitrogens with one attached hydrogen (secondary N) is 1. The maximum atomic E-state index is 12.3. The van der Waals surface area contributed by atoms with Gasteiger partial charge < -0.3 is 15.9 Å². The molecule has 2 amide bonds. The van der Waals surface area contributed by atoms with Gasteiger partial charge in [0, 0.05) is 31.7 Å². The normalized spacial score (nSPS) is 17.1. The number of anilines is 1. The Morgan fingerprint density at radius 1 is 1.11 bits per heavy atom. The molecular formula is C30H34N6O2. The van der Waals surface area contributed by atoms with Gasteiger partial charge in [0.25, 0.3) is 5.91 Å². The van der Waals surface area contributed by atoms with Crippen molar-refractivity contribution >= 4 is 17.6 Å². The fraction of sp³-hybridized carbons (Fsp3) is 0.400. The van der Waals surface area contributed by atoms with E-state index in [1.54, 1.807) is 10.9 Å². The monoisotopic (exact) mass is 510 g/mol. The molecule has 196 valence electrons. The number of nitrogens with zero attached hydrogens (tertiary/aromatic N) is 4. The molecule has 1 aliphatic heterocycles. The van der Waals surface area contributed by atoms with Crippen molar-refractivity contribution in [3.05, 3.63) is 82.8 Å². The van der Waals surface area contributed by atoms with E-state index in [2.05, 4.69) is 75.6 Å². The molecule has 5 rings (SSSR count). The quantitative estimate of drug-likeness (QED) is 0.415. The van der Waals surface area contributed by atoms with Crippen LogP contribution in [0.4, 0.5) is 5.82 Å². The van der Waals surface area contributed by atoms with E-state index in [9.17, 15) is 9.59 Å². The van der Waals surface area contributed by atoms with Crippen LogP contribution in [0.15, 0.2) is 54.7 Å². The van der Waals surface area contributed by atoms with Crippen LogP contribution < -0.4 is 11.1 Å². The van der Waals surface area contributed by atoms with Crippen LogP contribution in [0.1, 0.15) is 54.1 Å². The Morgan fingerprint density at radius 2 is 1.84 bits per heavy atom. The predicted molar refractivity (Wildman–Crippen MR) is 147 cm³/mol. The van der Waals surface area contributed by atoms with Crippen LogP contribution in [0, 0.1) is 12.5 Å². The molecule has 0 radical (unpaired) electrons. The van der Waals surface area contributed by atoms with E-state index in [1.807, 2.05) is 0 Å². The minimum absolute atomic E-state index is 0.0168. The summed E-state index contributed by atoms with van der Waals surface area (Å²) in [6.45, 7) is 12.4. The van der Waals surface area contributed by atoms with E-state index in [-0.39, 0.29) is 29.8 Å². The minimum atomic E-state index is -0.636. The van der Waals surface area contributed by atoms with E-state index >= 15 is 0 Å². The highest BCUT2D eigenvalue weighted by Gasteiger charge is 2.41. The first-order valence-corrected chi connectivity index (χ1v) is 13.4. The first-order chi connectivity index (χ1) is 18.4. The highest BCUT2D eigenvalue weighted by Crippen LogP contribution is 2.34. The number of carbonyl (C=O) groups is 2. The molecular weight excluding hydrogens is 476 g/mol. The summed E-state index contributed by atoms with van der Waals surface area (Å²) in [5.41, 5.74) is 10.3. The number of hydrogen-bond acceptors (Lipinski definition) is 4. The molecule has 3 N–H and O–H groups in total. The largest absolute Gasteiger partial charge is 0.365 e. The van der Waals surface area contributed by atoms with Crippen LogP contribution in [0.2, 0.25) is 0 Å². The van der Waals surface area contributed by atoms with E-state index in [0.717, 1.165) is 38.9 Å². The topological polar surface area (TPSA) is 97.6 Å². The summed E-state index contributed by atoms with van der Waals surface area (Å²) in [5.74, 6) is -0.582. The van der Waals surface area contributed by atoms with Crippen molar-refractivity contribution in [2.24, 2.45) is 11.7 Å². The molecule has 2 aliphatic rings. The third kappa shape index (κ3) is 5.48. The van der Waals surface area contributed by atoms with Gasteiger partial charge in [0.05, 0.1) is 0 Å². The zero-order valence-corrected chi connectivity index (χ0v) is 21.8. The Bertz CT molecular complexity index is 1360. The molecule has 2 fully saturated rings. The third-order valence-corrected chi connectivity index (χ3v) is 7.84. The van der Waals surface area contributed by atoms with Crippen LogP contribution in [0.3, 0.4) is 0 Å². The average Bonchev–Trinajstić information content (AvgIpc) is 3.70. The maximum Gasteiger partial charge on any atom is 0.254 e. The first kappa shape index (κ1) is 25.7. The lowest BCUT2D eigenvalue weighted by atomic mass is 9.87. The SMILES string of the molecule is [C-]#[N+]CC1(n2cc(C(N)=O)c(NC(=O)C3CC3)n2)CCN(Cc2ccc(-c3cccc(CC)c3)cc2)CC1. The summed E-state index contributed by atoms with van der Waals surface area (Å²) in [4.78, 5) is 30.5. The van der Waals surface area contributed by atoms with Gasteiger partial charge in [-0.05, 0) is 54.4 Å². The third-order valence-electron chi connectivity index (χ3n) is 7.84. The Balaban J connectivity index is 1.27. The number of aromatic nitrogens is 2. The highest BCUT2D eigenvalue weighted by molar-refractivity contribution is 6.02. The van der Waals surface area contributed by atoms with Gasteiger partial charge in [0.2, 0.25) is 12.5 Å². The average molecular weight is 511 g/mol. The van der Waals surface area contributed by atoms with E-state index < -0.39 is 11.4 Å². The molecule has 0 unspecified atom stereocenters. The molecule has 38 heavy (non-hydrogen) atoms. The Kier molecular flexibility index (Phi) is 7.30. The number of nitrogens with two attached hydrogens (primary N) is 1. The van der Waals surface area contributed by atoms with Gasteiger partial charge >= 0.3 is 0 Å². The van der Waals surface area contributed by atoms with Crippen molar-refractivity contribution in [3.8, 4) is 11.1 Å². The van der Waals surface area contributed by atoms with Crippen LogP contribution in [0.5, 0.6) is 0 Å². The molecule has 1 aliphatic carbocycles. The summed E-state index contributed by atoms with van der Waals surface area (Å²) in [6.07, 6.45) is 5.77. The molecule has 0 bridgehead atoms. The van der Waals surface area contributed by atoms with E-state index in [4.69, 9.17) is 12.3 Å². The second-order valence-corrected chi connectivity index (χ2v) is 10.5. The number of primary amides is 1. The number of aryl methyl sites for hydroxylation is 1. The van der Waals surface area contributed by atoms with Crippen LogP contribution in [-0.2, 0) is 23.3 Å². The molecule has 1 saturated carbocycles. The predicted octanol–water partition coefficient (Wildman–Crippen LogP) is 4.47. The molecule has 2 heterocycles. The molecule has 2 aromatic carbocycles. The van der Waals surface area contributed by atoms with Crippen LogP contribution >= 0.6 is 0 Å². The minimum Gasteiger partial charge on any atom is -0.365 e. The van der Waals surface area contributed by atoms with E-state index in [0.29, 0.717) is 12.8 Å². The molecule has 8 heteroatoms. The fourth-order valence-electron chi connectivity index (χ4n) is 5.22. The highest BCUT2D eigenvalue weighted by atomic mass is 16.2. The molecule has 0 spiro atoms. The molecule has 0 atom stereocenters. The fourth-order valence-corrected chi connectivity index (χ4v) is 5.22. The Hall–Kier alpha value is -3.96. The second kappa shape index (κ2) is 10.8. The standard InChI is InChI=1S/C30H34N6O2/c1-3-21-5-4-6-25(17-21)23-9-7-22(8-10-23)18-35-15-13-30(14-16-35,20-32-2)36-19-26(27(31)37)28(34-36)33-29(38)24-11-12-24/h4-10,17,19,24H,3,11-16,18,20H2,1H3,(H2,31,37)(H,33,34,38). The van der Waals surface area contributed by atoms with Gasteiger partial charge in [-0.2, -0.15) is 5.10 Å². The summed E-state index contributed by atoms with van der Waals surface area (Å²) in [6, 6.07) is 17.4. The number of carbonyl (C=O) groups excluding carboxylic acids is 2. The Labute approximate surface area is 223 Å². The Morgan fingerprint density at radius 3 is 2.47 bits per heavy atom. The number of hydrogen-bond donors (Lipinski definition) is 2. The number of benzene rings is 2. The first-order valence-electron chi connectivity index (χ1n) is 13.4. The number of piperidine rings is 1. The molecule has 3 aromatic rings. The molecule has 1 saturated heterocycles. The van der Waals surface area contributed by atoms with Crippen LogP contribution in [-0.4, -0.2) is 46.1 Å². The van der Waals surface area contributed by atoms with Crippen molar-refractivity contribution in [1.29, 1.82) is 0 Å². The van der Waals surface area contributed by atoms with Crippen molar-refractivity contribution in [2.75, 3.05) is 25.0 Å². The van der Waals surface area contributed by atoms with Crippen molar-refractivity contribution in [3.63, 3.8) is 0 Å². The van der Waals surface area contributed by atoms with Gasteiger partial charge in [-0.3, -0.25) is 19.2 Å². The van der Waals surface area contributed by atoms with Gasteiger partial charge in [0.1, 0.15) is 11.1 Å². The smallest absolute Gasteiger partial charge is 0.254 e. The van der Waals surface area contributed by atoms with Gasteiger partial charge in [-0.1, -0.05) is 55.5 Å². The van der Waals surface area contributed by atoms with Crippen molar-refractivity contribution in [2.45, 2.75) is 51.1 Å². The lowest BCUT2D eigenvalue weighted by molar-refractivity contribution is -0.117. The number of rotatable bonds is 9. The molecule has 1 aromatic heterocycles. The van der Waals surface area contributed by atoms with Gasteiger partial charge in [-0.25, -0.2) is 6.57 Å². The number of likely N-dealkylation sites (tertiary alicyclic amines) is 1. The second-order valence-electron chi connectivity index (χ2n) is 10.5. The van der Waals surface area contributed by atoms with Gasteiger partial charge in [-0.15, -0.1) is 0 Å². The lowest BCUT2D eigenvalue weighted by Crippen LogP contribution is -2.47. The lowest BCUT2D eigenvalue weighted by Gasteiger charge is -2.38. The summed E-state index contributed by atoms with van der Waals surface area (Å²) in [7, 11) is 0. The zero-order chi connectivity index (χ0) is 26.7. The van der Waals surface area contributed by atoms with Crippen molar-refractivity contribution in [1.82, 2.24) is 14.7 Å². The van der Waals surface area contributed by atoms with Gasteiger partial charge in [0.15, 0.2) is 5.82 Å². The summed E-state index contributed by atoms with van der Waals surface area (Å²) >= 11 is 0. The van der Waals surface area contributed by atoms with E-state index in [1.165, 1.54) is 22.3 Å².